The number of aromatic nitrogens is 3. The lowest BCUT2D eigenvalue weighted by molar-refractivity contribution is -0.118. The third-order valence-electron chi connectivity index (χ3n) is 3.09. The SMILES string of the molecule is CNC(=O)CSc1nnc(-c2ccccc2)n1CCCOC. The van der Waals surface area contributed by atoms with Crippen LogP contribution < -0.4 is 5.32 Å². The first kappa shape index (κ1) is 16.5. The number of nitrogens with zero attached hydrogens (tertiary/aromatic N) is 3. The van der Waals surface area contributed by atoms with Crippen LogP contribution in [-0.2, 0) is 16.1 Å². The topological polar surface area (TPSA) is 69.0 Å². The van der Waals surface area contributed by atoms with Crippen LogP contribution in [0.4, 0.5) is 0 Å². The summed E-state index contributed by atoms with van der Waals surface area (Å²) in [5, 5.41) is 11.9. The number of carbonyl (C=O) groups is 1. The van der Waals surface area contributed by atoms with Crippen LogP contribution in [0, 0.1) is 0 Å². The summed E-state index contributed by atoms with van der Waals surface area (Å²) in [6.07, 6.45) is 0.863. The van der Waals surface area contributed by atoms with Gasteiger partial charge in [0, 0.05) is 32.9 Å². The van der Waals surface area contributed by atoms with E-state index < -0.39 is 0 Å². The summed E-state index contributed by atoms with van der Waals surface area (Å²) in [5.41, 5.74) is 1.01. The lowest BCUT2D eigenvalue weighted by Gasteiger charge is -2.09. The average molecular weight is 320 g/mol. The molecule has 0 saturated heterocycles. The van der Waals surface area contributed by atoms with E-state index in [1.54, 1.807) is 14.2 Å². The van der Waals surface area contributed by atoms with E-state index in [1.165, 1.54) is 11.8 Å². The van der Waals surface area contributed by atoms with Crippen LogP contribution in [0.1, 0.15) is 6.42 Å². The van der Waals surface area contributed by atoms with Gasteiger partial charge in [-0.3, -0.25) is 4.79 Å². The highest BCUT2D eigenvalue weighted by Crippen LogP contribution is 2.24. The van der Waals surface area contributed by atoms with Gasteiger partial charge in [-0.15, -0.1) is 10.2 Å². The van der Waals surface area contributed by atoms with Crippen LogP contribution in [0.5, 0.6) is 0 Å². The molecule has 0 bridgehead atoms. The quantitative estimate of drug-likeness (QED) is 0.593. The van der Waals surface area contributed by atoms with E-state index in [9.17, 15) is 4.79 Å². The second kappa shape index (κ2) is 8.55. The average Bonchev–Trinajstić information content (AvgIpc) is 2.96. The predicted octanol–water partition coefficient (Wildman–Crippen LogP) is 1.82. The lowest BCUT2D eigenvalue weighted by Crippen LogP contribution is -2.20. The molecule has 0 aliphatic rings. The Balaban J connectivity index is 2.21. The van der Waals surface area contributed by atoms with Crippen LogP contribution in [0.15, 0.2) is 35.5 Å². The van der Waals surface area contributed by atoms with Crippen molar-refractivity contribution in [2.45, 2.75) is 18.1 Å². The molecular weight excluding hydrogens is 300 g/mol. The number of benzene rings is 1. The molecule has 0 atom stereocenters. The van der Waals surface area contributed by atoms with E-state index >= 15 is 0 Å². The molecule has 0 aliphatic heterocycles. The fraction of sp³-hybridized carbons (Fsp3) is 0.400. The van der Waals surface area contributed by atoms with Gasteiger partial charge in [0.25, 0.3) is 0 Å². The van der Waals surface area contributed by atoms with Gasteiger partial charge in [-0.05, 0) is 6.42 Å². The summed E-state index contributed by atoms with van der Waals surface area (Å²) < 4.78 is 7.16. The molecule has 1 N–H and O–H groups in total. The first-order chi connectivity index (χ1) is 10.8. The standard InChI is InChI=1S/C15H20N4O2S/c1-16-13(20)11-22-15-18-17-14(12-7-4-3-5-8-12)19(15)9-6-10-21-2/h3-5,7-8H,6,9-11H2,1-2H3,(H,16,20). The van der Waals surface area contributed by atoms with E-state index in [1.807, 2.05) is 34.9 Å². The Bertz CT molecular complexity index is 601. The second-order valence-electron chi connectivity index (χ2n) is 4.63. The number of amides is 1. The number of methoxy groups -OCH3 is 1. The predicted molar refractivity (Wildman–Crippen MR) is 86.7 cm³/mol. The van der Waals surface area contributed by atoms with E-state index in [2.05, 4.69) is 15.5 Å². The molecule has 0 spiro atoms. The molecule has 6 nitrogen and oxygen atoms in total. The van der Waals surface area contributed by atoms with Gasteiger partial charge in [0.05, 0.1) is 5.75 Å². The summed E-state index contributed by atoms with van der Waals surface area (Å²) in [5.74, 6) is 1.11. The molecular formula is C15H20N4O2S. The maximum atomic E-state index is 11.4. The summed E-state index contributed by atoms with van der Waals surface area (Å²) in [4.78, 5) is 11.4. The molecule has 1 amide bonds. The molecule has 0 saturated carbocycles. The highest BCUT2D eigenvalue weighted by molar-refractivity contribution is 7.99. The Morgan fingerprint density at radius 1 is 1.32 bits per heavy atom. The minimum absolute atomic E-state index is 0.0299. The minimum atomic E-state index is -0.0299. The number of ether oxygens (including phenoxy) is 1. The number of rotatable bonds is 8. The van der Waals surface area contributed by atoms with Gasteiger partial charge >= 0.3 is 0 Å². The Labute approximate surface area is 134 Å². The molecule has 0 unspecified atom stereocenters. The number of hydrogen-bond donors (Lipinski definition) is 1. The molecule has 0 fully saturated rings. The first-order valence-corrected chi connectivity index (χ1v) is 8.05. The zero-order valence-electron chi connectivity index (χ0n) is 12.8. The van der Waals surface area contributed by atoms with Crippen molar-refractivity contribution in [3.63, 3.8) is 0 Å². The molecule has 2 rings (SSSR count). The maximum absolute atomic E-state index is 11.4. The van der Waals surface area contributed by atoms with Gasteiger partial charge in [-0.1, -0.05) is 42.1 Å². The molecule has 118 valence electrons. The molecule has 1 heterocycles. The summed E-state index contributed by atoms with van der Waals surface area (Å²) >= 11 is 1.39. The van der Waals surface area contributed by atoms with Crippen molar-refractivity contribution in [1.29, 1.82) is 0 Å². The summed E-state index contributed by atoms with van der Waals surface area (Å²) in [6, 6.07) is 9.92. The Kier molecular flexibility index (Phi) is 6.42. The first-order valence-electron chi connectivity index (χ1n) is 7.07. The van der Waals surface area contributed by atoms with E-state index in [4.69, 9.17) is 4.74 Å². The van der Waals surface area contributed by atoms with Crippen LogP contribution in [0.3, 0.4) is 0 Å². The molecule has 0 radical (unpaired) electrons. The van der Waals surface area contributed by atoms with Gasteiger partial charge in [0.1, 0.15) is 0 Å². The third kappa shape index (κ3) is 4.32. The molecule has 1 aromatic carbocycles. The molecule has 1 aromatic heterocycles. The second-order valence-corrected chi connectivity index (χ2v) is 5.57. The van der Waals surface area contributed by atoms with Crippen molar-refractivity contribution >= 4 is 17.7 Å². The fourth-order valence-corrected chi connectivity index (χ4v) is 2.80. The number of nitrogens with one attached hydrogen (secondary N) is 1. The Morgan fingerprint density at radius 2 is 2.09 bits per heavy atom. The highest BCUT2D eigenvalue weighted by atomic mass is 32.2. The number of carbonyl (C=O) groups excluding carboxylic acids is 1. The monoisotopic (exact) mass is 320 g/mol. The van der Waals surface area contributed by atoms with Crippen LogP contribution >= 0.6 is 11.8 Å². The van der Waals surface area contributed by atoms with Crippen molar-refractivity contribution in [1.82, 2.24) is 20.1 Å². The van der Waals surface area contributed by atoms with Gasteiger partial charge in [0.15, 0.2) is 11.0 Å². The van der Waals surface area contributed by atoms with E-state index in [0.717, 1.165) is 29.5 Å². The zero-order chi connectivity index (χ0) is 15.8. The van der Waals surface area contributed by atoms with Crippen molar-refractivity contribution in [3.05, 3.63) is 30.3 Å². The van der Waals surface area contributed by atoms with Gasteiger partial charge in [-0.25, -0.2) is 0 Å². The molecule has 2 aromatic rings. The normalized spacial score (nSPS) is 10.6. The van der Waals surface area contributed by atoms with Gasteiger partial charge in [-0.2, -0.15) is 0 Å². The molecule has 0 aliphatic carbocycles. The fourth-order valence-electron chi connectivity index (χ4n) is 1.97. The minimum Gasteiger partial charge on any atom is -0.385 e. The zero-order valence-corrected chi connectivity index (χ0v) is 13.6. The number of thioether (sulfide) groups is 1. The van der Waals surface area contributed by atoms with Crippen molar-refractivity contribution < 1.29 is 9.53 Å². The van der Waals surface area contributed by atoms with Gasteiger partial charge in [0.2, 0.25) is 5.91 Å². The molecule has 22 heavy (non-hydrogen) atoms. The van der Waals surface area contributed by atoms with Crippen molar-refractivity contribution in [3.8, 4) is 11.4 Å². The maximum Gasteiger partial charge on any atom is 0.230 e. The Hall–Kier alpha value is -1.86. The summed E-state index contributed by atoms with van der Waals surface area (Å²) in [6.45, 7) is 1.42. The highest BCUT2D eigenvalue weighted by Gasteiger charge is 2.15. The molecule has 7 heteroatoms. The largest absolute Gasteiger partial charge is 0.385 e. The third-order valence-corrected chi connectivity index (χ3v) is 4.06. The summed E-state index contributed by atoms with van der Waals surface area (Å²) in [7, 11) is 3.31. The van der Waals surface area contributed by atoms with Crippen LogP contribution in [0.25, 0.3) is 11.4 Å². The van der Waals surface area contributed by atoms with Crippen molar-refractivity contribution in [2.75, 3.05) is 26.5 Å². The smallest absolute Gasteiger partial charge is 0.230 e. The number of hydrogen-bond acceptors (Lipinski definition) is 5. The lowest BCUT2D eigenvalue weighted by atomic mass is 10.2. The van der Waals surface area contributed by atoms with Crippen LogP contribution in [0.2, 0.25) is 0 Å². The Morgan fingerprint density at radius 3 is 2.77 bits per heavy atom. The van der Waals surface area contributed by atoms with Gasteiger partial charge < -0.3 is 14.6 Å². The van der Waals surface area contributed by atoms with Crippen molar-refractivity contribution in [2.24, 2.45) is 0 Å². The van der Waals surface area contributed by atoms with Crippen LogP contribution in [-0.4, -0.2) is 47.2 Å². The van der Waals surface area contributed by atoms with E-state index in [-0.39, 0.29) is 5.91 Å². The van der Waals surface area contributed by atoms with E-state index in [0.29, 0.717) is 12.4 Å².